The third-order valence-electron chi connectivity index (χ3n) is 4.57. The molecule has 0 aliphatic carbocycles. The minimum Gasteiger partial charge on any atom is -0.550 e. The normalized spacial score (nSPS) is 9.18. The van der Waals surface area contributed by atoms with Crippen molar-refractivity contribution in [2.24, 2.45) is 0 Å². The molecule has 50 heavy (non-hydrogen) atoms. The second kappa shape index (κ2) is 34.6. The number of aliphatic carboxylic acids is 3. The average Bonchev–Trinajstić information content (AvgIpc) is 2.94. The van der Waals surface area contributed by atoms with Gasteiger partial charge in [0.05, 0.1) is 19.8 Å². The third-order valence-corrected chi connectivity index (χ3v) is 4.57. The molecule has 279 valence electrons. The molecule has 0 saturated carbocycles. The van der Waals surface area contributed by atoms with Gasteiger partial charge < -0.3 is 49.0 Å². The van der Waals surface area contributed by atoms with Crippen LogP contribution in [-0.4, -0.2) is 84.2 Å². The molecule has 0 heterocycles. The van der Waals surface area contributed by atoms with Crippen molar-refractivity contribution in [3.63, 3.8) is 0 Å². The number of hydrogen-bond acceptors (Lipinski definition) is 16. The van der Waals surface area contributed by atoms with Crippen molar-refractivity contribution < 1.29 is 99.5 Å². The summed E-state index contributed by atoms with van der Waals surface area (Å²) in [5, 5.41) is 38.1. The second-order valence-corrected chi connectivity index (χ2v) is 10.4. The van der Waals surface area contributed by atoms with Gasteiger partial charge in [-0.05, 0) is 53.9 Å². The van der Waals surface area contributed by atoms with E-state index in [4.69, 9.17) is 19.3 Å². The molecule has 0 aliphatic heterocycles. The maximum Gasteiger partial charge on any atom is 3.00 e. The van der Waals surface area contributed by atoms with Crippen molar-refractivity contribution in [2.45, 2.75) is 98.5 Å². The third kappa shape index (κ3) is 48.1. The van der Waals surface area contributed by atoms with E-state index < -0.39 is 72.4 Å². The van der Waals surface area contributed by atoms with E-state index in [0.29, 0.717) is 19.3 Å². The van der Waals surface area contributed by atoms with Gasteiger partial charge in [0, 0.05) is 79.3 Å². The van der Waals surface area contributed by atoms with Crippen LogP contribution < -0.4 is 15.3 Å². The summed E-state index contributed by atoms with van der Waals surface area (Å²) in [4.78, 5) is 95.2. The number of rotatable bonds is 21. The Balaban J connectivity index is -0.000000190. The zero-order valence-electron chi connectivity index (χ0n) is 29.3. The number of carboxylic acid groups (broad SMARTS) is 3. The molecule has 0 spiro atoms. The number of Topliss-reactive ketones (excluding diaryl/α,β-unsaturated/α-hetero) is 3. The molecule has 0 amide bonds. The fraction of sp³-hybridized carbons (Fsp3) is 0.545. The Labute approximate surface area is 306 Å². The molecule has 0 fully saturated rings. The number of aliphatic hydroxyl groups is 1. The predicted octanol–water partition coefficient (Wildman–Crippen LogP) is -0.830. The number of aliphatic hydroxyl groups excluding tert-OH is 1. The zero-order valence-corrected chi connectivity index (χ0v) is 30.8. The van der Waals surface area contributed by atoms with Crippen LogP contribution in [0.25, 0.3) is 0 Å². The molecule has 0 aromatic heterocycles. The minimum atomic E-state index is -1.39. The number of esters is 3. The van der Waals surface area contributed by atoms with Crippen LogP contribution >= 0.6 is 0 Å². The van der Waals surface area contributed by atoms with E-state index in [0.717, 1.165) is 0 Å². The SMILES string of the molecule is C=C(C)C(=O)OCCCC(=O)CC(=O)[O-].C=C(C)C(=O)OCCCC(=O)CC(=O)[O-].C=C(C)C(=O)OCCCC(=O)CC(=O)[O-].CC(C)O.[Ti+3]. The summed E-state index contributed by atoms with van der Waals surface area (Å²) in [6, 6.07) is 0. The smallest absolute Gasteiger partial charge is 0.550 e. The number of hydrogen-bond donors (Lipinski definition) is 1. The molecule has 0 unspecified atom stereocenters. The van der Waals surface area contributed by atoms with E-state index in [2.05, 4.69) is 19.7 Å². The Hall–Kier alpha value is -4.28. The fourth-order valence-corrected chi connectivity index (χ4v) is 2.42. The number of ether oxygens (including phenoxy) is 3. The van der Waals surface area contributed by atoms with Crippen molar-refractivity contribution in [3.8, 4) is 0 Å². The molecule has 16 nitrogen and oxygen atoms in total. The molecular weight excluding hydrogens is 700 g/mol. The first-order valence-electron chi connectivity index (χ1n) is 14.8. The van der Waals surface area contributed by atoms with Crippen molar-refractivity contribution in [2.75, 3.05) is 19.8 Å². The topological polar surface area (TPSA) is 271 Å². The van der Waals surface area contributed by atoms with Gasteiger partial charge in [0.15, 0.2) is 0 Å². The van der Waals surface area contributed by atoms with E-state index >= 15 is 0 Å². The van der Waals surface area contributed by atoms with Gasteiger partial charge in [-0.3, -0.25) is 14.4 Å². The zero-order chi connectivity index (χ0) is 39.1. The van der Waals surface area contributed by atoms with Crippen molar-refractivity contribution >= 4 is 53.2 Å². The monoisotopic (exact) mass is 747 g/mol. The van der Waals surface area contributed by atoms with Gasteiger partial charge in [-0.1, -0.05) is 19.7 Å². The summed E-state index contributed by atoms with van der Waals surface area (Å²) < 4.78 is 14.1. The Bertz CT molecular complexity index is 1030. The summed E-state index contributed by atoms with van der Waals surface area (Å²) in [6.07, 6.45) is -0.801. The van der Waals surface area contributed by atoms with Crippen LogP contribution in [0.4, 0.5) is 0 Å². The van der Waals surface area contributed by atoms with Crippen LogP contribution in [0.15, 0.2) is 36.5 Å². The number of carbonyl (C=O) groups is 9. The van der Waals surface area contributed by atoms with E-state index in [1.165, 1.54) is 20.8 Å². The van der Waals surface area contributed by atoms with Crippen LogP contribution in [0.3, 0.4) is 0 Å². The van der Waals surface area contributed by atoms with Crippen LogP contribution in [0.1, 0.15) is 92.4 Å². The van der Waals surface area contributed by atoms with E-state index in [1.807, 2.05) is 0 Å². The predicted molar refractivity (Wildman–Crippen MR) is 166 cm³/mol. The molecule has 1 N–H and O–H groups in total. The molecule has 17 heteroatoms. The van der Waals surface area contributed by atoms with Gasteiger partial charge in [-0.15, -0.1) is 0 Å². The van der Waals surface area contributed by atoms with Gasteiger partial charge in [-0.25, -0.2) is 14.4 Å². The summed E-state index contributed by atoms with van der Waals surface area (Å²) in [5.41, 5.74) is 0.864. The molecule has 1 radical (unpaired) electrons. The largest absolute Gasteiger partial charge is 3.00 e. The number of ketones is 3. The first-order valence-corrected chi connectivity index (χ1v) is 14.8. The van der Waals surface area contributed by atoms with Crippen LogP contribution in [0.2, 0.25) is 0 Å². The standard InChI is InChI=1S/3C10H14O5.C3H8O.Ti/c3*1-7(2)10(14)15-5-3-4-8(11)6-9(12)13;1-3(2)4;/h3*1,3-6H2,2H3,(H,12,13);3-4H,1-2H3;/q;;;;+3/p-3. The second-order valence-electron chi connectivity index (χ2n) is 10.4. The quantitative estimate of drug-likeness (QED) is 0.0375. The summed E-state index contributed by atoms with van der Waals surface area (Å²) in [6.45, 7) is 18.4. The molecule has 0 atom stereocenters. The molecule has 0 aromatic carbocycles. The van der Waals surface area contributed by atoms with E-state index in [9.17, 15) is 58.5 Å². The van der Waals surface area contributed by atoms with Gasteiger partial charge >= 0.3 is 39.6 Å². The summed E-state index contributed by atoms with van der Waals surface area (Å²) in [5.74, 6) is -6.99. The first kappa shape index (κ1) is 55.1. The van der Waals surface area contributed by atoms with Crippen molar-refractivity contribution in [1.29, 1.82) is 0 Å². The summed E-state index contributed by atoms with van der Waals surface area (Å²) >= 11 is 0. The Kier molecular flexibility index (Phi) is 38.1. The molecule has 0 rings (SSSR count). The first-order chi connectivity index (χ1) is 22.5. The molecule has 0 saturated heterocycles. The molecule has 0 aliphatic rings. The maximum atomic E-state index is 10.9. The van der Waals surface area contributed by atoms with Gasteiger partial charge in [0.1, 0.15) is 17.3 Å². The maximum absolute atomic E-state index is 10.9. The Morgan fingerprint density at radius 1 is 0.520 bits per heavy atom. The fourth-order valence-electron chi connectivity index (χ4n) is 2.42. The van der Waals surface area contributed by atoms with Crippen LogP contribution in [-0.2, 0) is 79.1 Å². The number of carbonyl (C=O) groups excluding carboxylic acids is 9. The Morgan fingerprint density at radius 2 is 0.700 bits per heavy atom. The average molecular weight is 748 g/mol. The van der Waals surface area contributed by atoms with E-state index in [-0.39, 0.29) is 83.6 Å². The van der Waals surface area contributed by atoms with Crippen molar-refractivity contribution in [3.05, 3.63) is 36.5 Å². The van der Waals surface area contributed by atoms with Crippen LogP contribution in [0.5, 0.6) is 0 Å². The molecule has 0 bridgehead atoms. The molecular formula is C33H47O16Ti. The van der Waals surface area contributed by atoms with Gasteiger partial charge in [0.25, 0.3) is 0 Å². The van der Waals surface area contributed by atoms with Crippen molar-refractivity contribution in [1.82, 2.24) is 0 Å². The van der Waals surface area contributed by atoms with E-state index in [1.54, 1.807) is 13.8 Å². The summed E-state index contributed by atoms with van der Waals surface area (Å²) in [7, 11) is 0. The van der Waals surface area contributed by atoms with Crippen LogP contribution in [0, 0.1) is 0 Å². The molecule has 0 aromatic rings. The van der Waals surface area contributed by atoms with Gasteiger partial charge in [-0.2, -0.15) is 0 Å². The number of carboxylic acids is 3. The minimum absolute atomic E-state index is 0. The van der Waals surface area contributed by atoms with Gasteiger partial charge in [0.2, 0.25) is 0 Å². The Morgan fingerprint density at radius 3 is 0.840 bits per heavy atom.